The molecule has 0 radical (unpaired) electrons. The van der Waals surface area contributed by atoms with Gasteiger partial charge in [-0.2, -0.15) is 0 Å². The molecule has 0 bridgehead atoms. The predicted octanol–water partition coefficient (Wildman–Crippen LogP) is 4.53. The Kier molecular flexibility index (Phi) is 3.91. The minimum atomic E-state index is -0.301. The van der Waals surface area contributed by atoms with Crippen LogP contribution in [-0.4, -0.2) is 17.1 Å². The van der Waals surface area contributed by atoms with Crippen LogP contribution in [0, 0.1) is 11.6 Å². The van der Waals surface area contributed by atoms with Gasteiger partial charge in [0.25, 0.3) is 0 Å². The molecule has 1 aliphatic rings. The second kappa shape index (κ2) is 5.70. The van der Waals surface area contributed by atoms with Crippen molar-refractivity contribution >= 4 is 12.2 Å². The predicted molar refractivity (Wildman–Crippen MR) is 86.7 cm³/mol. The molecule has 0 saturated heterocycles. The van der Waals surface area contributed by atoms with Crippen molar-refractivity contribution in [2.24, 2.45) is 0 Å². The lowest BCUT2D eigenvalue weighted by molar-refractivity contribution is -0.0163. The number of hydrogen-bond acceptors (Lipinski definition) is 3. The number of ether oxygens (including phenoxy) is 1. The first kappa shape index (κ1) is 14.4. The van der Waals surface area contributed by atoms with Crippen LogP contribution in [0.2, 0.25) is 0 Å². The molecule has 1 heterocycles. The summed E-state index contributed by atoms with van der Waals surface area (Å²) in [5, 5.41) is 0. The van der Waals surface area contributed by atoms with Gasteiger partial charge < -0.3 is 9.72 Å². The molecule has 3 nitrogen and oxygen atoms in total. The molecule has 1 saturated carbocycles. The van der Waals surface area contributed by atoms with Gasteiger partial charge in [0.2, 0.25) is 0 Å². The van der Waals surface area contributed by atoms with Gasteiger partial charge in [0.1, 0.15) is 16.1 Å². The molecule has 1 N–H and O–H groups in total. The Bertz CT molecular complexity index is 688. The van der Waals surface area contributed by atoms with Crippen LogP contribution in [0.15, 0.2) is 30.3 Å². The topological polar surface area (TPSA) is 37.9 Å². The summed E-state index contributed by atoms with van der Waals surface area (Å²) in [4.78, 5) is 8.12. The maximum absolute atomic E-state index is 5.83. The number of aromatic nitrogens is 2. The lowest BCUT2D eigenvalue weighted by atomic mass is 10.00. The van der Waals surface area contributed by atoms with Gasteiger partial charge in [-0.25, -0.2) is 4.98 Å². The summed E-state index contributed by atoms with van der Waals surface area (Å²) < 4.78 is 6.49. The Hall–Kier alpha value is -1.52. The van der Waals surface area contributed by atoms with E-state index >= 15 is 0 Å². The van der Waals surface area contributed by atoms with E-state index in [2.05, 4.69) is 22.1 Å². The maximum Gasteiger partial charge on any atom is 0.140 e. The number of methoxy groups -OCH3 is 1. The zero-order valence-corrected chi connectivity index (χ0v) is 13.3. The summed E-state index contributed by atoms with van der Waals surface area (Å²) >= 11 is 5.47. The van der Waals surface area contributed by atoms with E-state index in [1.807, 2.05) is 25.1 Å². The molecule has 1 aromatic carbocycles. The minimum Gasteiger partial charge on any atom is -0.370 e. The van der Waals surface area contributed by atoms with Gasteiger partial charge in [-0.3, -0.25) is 0 Å². The Morgan fingerprint density at radius 1 is 1.19 bits per heavy atom. The first-order valence-electron chi connectivity index (χ1n) is 7.38. The van der Waals surface area contributed by atoms with Crippen molar-refractivity contribution in [2.45, 2.75) is 38.2 Å². The first-order valence-corrected chi connectivity index (χ1v) is 7.79. The third-order valence-corrected chi connectivity index (χ3v) is 4.85. The largest absolute Gasteiger partial charge is 0.370 e. The van der Waals surface area contributed by atoms with Crippen molar-refractivity contribution in [2.75, 3.05) is 7.11 Å². The van der Waals surface area contributed by atoms with Gasteiger partial charge in [-0.15, -0.1) is 0 Å². The Morgan fingerprint density at radius 2 is 1.86 bits per heavy atom. The van der Waals surface area contributed by atoms with E-state index in [0.717, 1.165) is 35.5 Å². The zero-order chi connectivity index (χ0) is 14.9. The number of H-pyrrole nitrogens is 1. The van der Waals surface area contributed by atoms with Crippen LogP contribution in [0.3, 0.4) is 0 Å². The standard InChI is InChI=1S/C17H20N2OS/c1-12-14(13-8-4-3-5-9-13)18-16(19-15(12)21)17(20-2)10-6-7-11-17/h3-5,8-9H,6-7,10-11H2,1-2H3,(H,18,19,21). The normalized spacial score (nSPS) is 17.0. The summed E-state index contributed by atoms with van der Waals surface area (Å²) in [5.41, 5.74) is 2.90. The van der Waals surface area contributed by atoms with Crippen LogP contribution in [-0.2, 0) is 10.3 Å². The Labute approximate surface area is 130 Å². The van der Waals surface area contributed by atoms with E-state index in [-0.39, 0.29) is 5.60 Å². The van der Waals surface area contributed by atoms with Crippen LogP contribution >= 0.6 is 12.2 Å². The number of hydrogen-bond donors (Lipinski definition) is 1. The summed E-state index contributed by atoms with van der Waals surface area (Å²) in [6.07, 6.45) is 4.34. The van der Waals surface area contributed by atoms with Crippen molar-refractivity contribution in [3.8, 4) is 11.3 Å². The van der Waals surface area contributed by atoms with Gasteiger partial charge in [-0.05, 0) is 38.2 Å². The fourth-order valence-electron chi connectivity index (χ4n) is 3.13. The fraction of sp³-hybridized carbons (Fsp3) is 0.412. The molecule has 3 rings (SSSR count). The Morgan fingerprint density at radius 3 is 2.48 bits per heavy atom. The number of nitrogens with one attached hydrogen (secondary N) is 1. The molecule has 4 heteroatoms. The summed E-state index contributed by atoms with van der Waals surface area (Å²) in [7, 11) is 1.77. The number of aromatic amines is 1. The quantitative estimate of drug-likeness (QED) is 0.846. The summed E-state index contributed by atoms with van der Waals surface area (Å²) in [5.74, 6) is 0.872. The van der Waals surface area contributed by atoms with Crippen LogP contribution in [0.1, 0.15) is 37.1 Å². The molecule has 1 fully saturated rings. The van der Waals surface area contributed by atoms with Crippen molar-refractivity contribution in [3.63, 3.8) is 0 Å². The van der Waals surface area contributed by atoms with Crippen molar-refractivity contribution in [1.82, 2.24) is 9.97 Å². The lowest BCUT2D eigenvalue weighted by Gasteiger charge is -2.27. The third kappa shape index (κ3) is 2.54. The number of nitrogens with zero attached hydrogens (tertiary/aromatic N) is 1. The van der Waals surface area contributed by atoms with Crippen LogP contribution < -0.4 is 0 Å². The van der Waals surface area contributed by atoms with E-state index in [1.54, 1.807) is 7.11 Å². The van der Waals surface area contributed by atoms with Gasteiger partial charge in [0.15, 0.2) is 0 Å². The highest BCUT2D eigenvalue weighted by Crippen LogP contribution is 2.40. The average molecular weight is 300 g/mol. The Balaban J connectivity index is 2.17. The van der Waals surface area contributed by atoms with Crippen LogP contribution in [0.25, 0.3) is 11.3 Å². The molecule has 0 aliphatic heterocycles. The smallest absolute Gasteiger partial charge is 0.140 e. The van der Waals surface area contributed by atoms with Crippen molar-refractivity contribution in [1.29, 1.82) is 0 Å². The number of rotatable bonds is 3. The first-order chi connectivity index (χ1) is 10.2. The van der Waals surface area contributed by atoms with E-state index < -0.39 is 0 Å². The molecular formula is C17H20N2OS. The van der Waals surface area contributed by atoms with E-state index in [1.165, 1.54) is 12.8 Å². The maximum atomic E-state index is 5.83. The zero-order valence-electron chi connectivity index (χ0n) is 12.5. The van der Waals surface area contributed by atoms with Crippen molar-refractivity contribution < 1.29 is 4.74 Å². The van der Waals surface area contributed by atoms with E-state index in [4.69, 9.17) is 17.0 Å². The number of benzene rings is 1. The molecule has 2 aromatic rings. The highest BCUT2D eigenvalue weighted by atomic mass is 32.1. The molecule has 21 heavy (non-hydrogen) atoms. The third-order valence-electron chi connectivity index (χ3n) is 4.45. The molecular weight excluding hydrogens is 280 g/mol. The van der Waals surface area contributed by atoms with Gasteiger partial charge >= 0.3 is 0 Å². The van der Waals surface area contributed by atoms with E-state index in [0.29, 0.717) is 4.64 Å². The highest BCUT2D eigenvalue weighted by molar-refractivity contribution is 7.71. The molecule has 0 unspecified atom stereocenters. The SMILES string of the molecule is COC1(c2nc(=S)c(C)c(-c3ccccc3)[nH]2)CCCC1. The molecule has 0 atom stereocenters. The fourth-order valence-corrected chi connectivity index (χ4v) is 3.32. The molecule has 1 aromatic heterocycles. The lowest BCUT2D eigenvalue weighted by Crippen LogP contribution is -2.27. The highest BCUT2D eigenvalue weighted by Gasteiger charge is 2.38. The summed E-state index contributed by atoms with van der Waals surface area (Å²) in [6, 6.07) is 10.3. The minimum absolute atomic E-state index is 0.301. The monoisotopic (exact) mass is 300 g/mol. The summed E-state index contributed by atoms with van der Waals surface area (Å²) in [6.45, 7) is 2.02. The molecule has 110 valence electrons. The average Bonchev–Trinajstić information content (AvgIpc) is 3.01. The van der Waals surface area contributed by atoms with Crippen LogP contribution in [0.5, 0.6) is 0 Å². The van der Waals surface area contributed by atoms with Crippen molar-refractivity contribution in [3.05, 3.63) is 46.4 Å². The molecule has 0 amide bonds. The van der Waals surface area contributed by atoms with Crippen LogP contribution in [0.4, 0.5) is 0 Å². The molecule has 1 aliphatic carbocycles. The second-order valence-electron chi connectivity index (χ2n) is 5.66. The van der Waals surface area contributed by atoms with Gasteiger partial charge in [-0.1, -0.05) is 42.5 Å². The van der Waals surface area contributed by atoms with E-state index in [9.17, 15) is 0 Å². The van der Waals surface area contributed by atoms with Gasteiger partial charge in [0, 0.05) is 12.7 Å². The molecule has 0 spiro atoms. The second-order valence-corrected chi connectivity index (χ2v) is 6.05. The van der Waals surface area contributed by atoms with Gasteiger partial charge in [0.05, 0.1) is 5.69 Å².